The molecule has 3 rings (SSSR count). The first-order valence-corrected chi connectivity index (χ1v) is 12.1. The summed E-state index contributed by atoms with van der Waals surface area (Å²) in [5.74, 6) is -0.303. The summed E-state index contributed by atoms with van der Waals surface area (Å²) in [7, 11) is -4.50. The zero-order chi connectivity index (χ0) is 25.6. The maximum absolute atomic E-state index is 13.0. The molecule has 9 heteroatoms. The molecule has 0 saturated heterocycles. The minimum Gasteiger partial charge on any atom is -0.379 e. The zero-order valence-electron chi connectivity index (χ0n) is 19.1. The minimum absolute atomic E-state index is 0.0732. The van der Waals surface area contributed by atoms with Crippen LogP contribution in [0.15, 0.2) is 89.8 Å². The lowest BCUT2D eigenvalue weighted by atomic mass is 10.1. The molecule has 1 amide bonds. The molecule has 0 aromatic heterocycles. The highest BCUT2D eigenvalue weighted by molar-refractivity contribution is 7.87. The predicted octanol–water partition coefficient (Wildman–Crippen LogP) is 5.92. The van der Waals surface area contributed by atoms with E-state index >= 15 is 0 Å². The molecule has 35 heavy (non-hydrogen) atoms. The molecule has 5 nitrogen and oxygen atoms in total. The maximum Gasteiger partial charge on any atom is 0.416 e. The molecule has 0 spiro atoms. The third-order valence-electron chi connectivity index (χ3n) is 5.03. The van der Waals surface area contributed by atoms with Gasteiger partial charge in [0.2, 0.25) is 5.91 Å². The van der Waals surface area contributed by atoms with Crippen LogP contribution < -0.4 is 4.18 Å². The Bertz CT molecular complexity index is 1300. The van der Waals surface area contributed by atoms with E-state index in [1.54, 1.807) is 23.1 Å². The zero-order valence-corrected chi connectivity index (χ0v) is 19.9. The molecule has 3 aromatic rings. The van der Waals surface area contributed by atoms with Gasteiger partial charge < -0.3 is 9.08 Å². The molecule has 0 heterocycles. The monoisotopic (exact) mass is 503 g/mol. The van der Waals surface area contributed by atoms with Crippen molar-refractivity contribution in [3.05, 3.63) is 102 Å². The number of benzene rings is 3. The topological polar surface area (TPSA) is 63.7 Å². The van der Waals surface area contributed by atoms with Gasteiger partial charge in [0, 0.05) is 18.7 Å². The normalized spacial score (nSPS) is 12.2. The van der Waals surface area contributed by atoms with E-state index in [1.807, 2.05) is 44.2 Å². The van der Waals surface area contributed by atoms with E-state index in [2.05, 4.69) is 0 Å². The summed E-state index contributed by atoms with van der Waals surface area (Å²) in [5.41, 5.74) is 0.377. The first-order chi connectivity index (χ1) is 16.5. The fourth-order valence-electron chi connectivity index (χ4n) is 3.24. The summed E-state index contributed by atoms with van der Waals surface area (Å²) < 4.78 is 69.2. The van der Waals surface area contributed by atoms with Crippen molar-refractivity contribution in [1.29, 1.82) is 0 Å². The van der Waals surface area contributed by atoms with Crippen LogP contribution in [0.4, 0.5) is 13.2 Å². The number of amides is 1. The molecule has 0 atom stereocenters. The van der Waals surface area contributed by atoms with E-state index in [1.165, 1.54) is 18.2 Å². The Kier molecular flexibility index (Phi) is 8.01. The fourth-order valence-corrected chi connectivity index (χ4v) is 4.21. The molecule has 0 aliphatic heterocycles. The molecule has 0 saturated carbocycles. The van der Waals surface area contributed by atoms with E-state index < -0.39 is 26.8 Å². The van der Waals surface area contributed by atoms with E-state index in [4.69, 9.17) is 4.18 Å². The highest BCUT2D eigenvalue weighted by atomic mass is 32.2. The standard InChI is InChI=1S/C26H24F3NO4S/c1-19(2)30(25(31)15-14-20-8-4-3-5-9-20)18-21-10-6-12-23(16-21)34-35(32,33)24-13-7-11-22(17-24)26(27,28)29/h3-17,19H,18H2,1-2H3. The lowest BCUT2D eigenvalue weighted by Gasteiger charge is -2.26. The number of carbonyl (C=O) groups excluding carboxylic acids is 1. The SMILES string of the molecule is CC(C)N(Cc1cccc(OS(=O)(=O)c2cccc(C(F)(F)F)c2)c1)C(=O)C=Cc1ccccc1. The van der Waals surface area contributed by atoms with Gasteiger partial charge in [-0.1, -0.05) is 48.5 Å². The molecule has 0 radical (unpaired) electrons. The summed E-state index contributed by atoms with van der Waals surface area (Å²) in [6.45, 7) is 3.88. The quantitative estimate of drug-likeness (QED) is 0.283. The second-order valence-electron chi connectivity index (χ2n) is 8.01. The fraction of sp³-hybridized carbons (Fsp3) is 0.192. The van der Waals surface area contributed by atoms with Gasteiger partial charge in [0.15, 0.2) is 0 Å². The summed E-state index contributed by atoms with van der Waals surface area (Å²) >= 11 is 0. The van der Waals surface area contributed by atoms with Crippen molar-refractivity contribution in [2.75, 3.05) is 0 Å². The molecule has 0 aliphatic rings. The highest BCUT2D eigenvalue weighted by Gasteiger charge is 2.32. The van der Waals surface area contributed by atoms with Crippen molar-refractivity contribution < 1.29 is 30.6 Å². The smallest absolute Gasteiger partial charge is 0.379 e. The second kappa shape index (κ2) is 10.8. The summed E-state index contributed by atoms with van der Waals surface area (Å²) in [4.78, 5) is 13.8. The van der Waals surface area contributed by atoms with Crippen molar-refractivity contribution in [1.82, 2.24) is 4.90 Å². The number of hydrogen-bond donors (Lipinski definition) is 0. The average Bonchev–Trinajstić information content (AvgIpc) is 2.81. The van der Waals surface area contributed by atoms with Gasteiger partial charge in [0.05, 0.1) is 5.56 Å². The van der Waals surface area contributed by atoms with Crippen LogP contribution in [0.3, 0.4) is 0 Å². The number of nitrogens with zero attached hydrogens (tertiary/aromatic N) is 1. The average molecular weight is 504 g/mol. The molecule has 3 aromatic carbocycles. The molecule has 0 unspecified atom stereocenters. The van der Waals surface area contributed by atoms with Crippen molar-refractivity contribution in [2.45, 2.75) is 37.5 Å². The van der Waals surface area contributed by atoms with Gasteiger partial charge in [-0.2, -0.15) is 21.6 Å². The van der Waals surface area contributed by atoms with Gasteiger partial charge in [-0.3, -0.25) is 4.79 Å². The second-order valence-corrected chi connectivity index (χ2v) is 9.56. The molecule has 0 aliphatic carbocycles. The number of hydrogen-bond acceptors (Lipinski definition) is 4. The van der Waals surface area contributed by atoms with Gasteiger partial charge in [0.1, 0.15) is 10.6 Å². The first kappa shape index (κ1) is 26.0. The van der Waals surface area contributed by atoms with Crippen LogP contribution in [0.5, 0.6) is 5.75 Å². The van der Waals surface area contributed by atoms with Crippen molar-refractivity contribution in [3.8, 4) is 5.75 Å². The van der Waals surface area contributed by atoms with E-state index in [9.17, 15) is 26.4 Å². The van der Waals surface area contributed by atoms with Crippen LogP contribution in [-0.2, 0) is 27.6 Å². The van der Waals surface area contributed by atoms with Crippen LogP contribution in [0, 0.1) is 0 Å². The molecule has 184 valence electrons. The summed E-state index contributed by atoms with van der Waals surface area (Å²) in [6.07, 6.45) is -1.51. The highest BCUT2D eigenvalue weighted by Crippen LogP contribution is 2.31. The number of carbonyl (C=O) groups is 1. The summed E-state index contributed by atoms with van der Waals surface area (Å²) in [6, 6.07) is 18.6. The molecule has 0 bridgehead atoms. The van der Waals surface area contributed by atoms with Gasteiger partial charge in [0.25, 0.3) is 0 Å². The Balaban J connectivity index is 1.77. The van der Waals surface area contributed by atoms with Crippen LogP contribution >= 0.6 is 0 Å². The van der Waals surface area contributed by atoms with E-state index in [-0.39, 0.29) is 24.2 Å². The molecular weight excluding hydrogens is 479 g/mol. The van der Waals surface area contributed by atoms with Crippen LogP contribution in [0.1, 0.15) is 30.5 Å². The van der Waals surface area contributed by atoms with Crippen LogP contribution in [-0.4, -0.2) is 25.3 Å². The van der Waals surface area contributed by atoms with Gasteiger partial charge in [-0.05, 0) is 61.4 Å². The van der Waals surface area contributed by atoms with Gasteiger partial charge in [-0.25, -0.2) is 0 Å². The minimum atomic E-state index is -4.69. The third-order valence-corrected chi connectivity index (χ3v) is 6.27. The van der Waals surface area contributed by atoms with E-state index in [0.29, 0.717) is 11.6 Å². The molecular formula is C26H24F3NO4S. The number of rotatable bonds is 8. The lowest BCUT2D eigenvalue weighted by Crippen LogP contribution is -2.35. The molecule has 0 fully saturated rings. The van der Waals surface area contributed by atoms with Gasteiger partial charge in [-0.15, -0.1) is 0 Å². The Morgan fingerprint density at radius 2 is 1.66 bits per heavy atom. The Morgan fingerprint density at radius 1 is 0.971 bits per heavy atom. The maximum atomic E-state index is 13.0. The number of halogens is 3. The van der Waals surface area contributed by atoms with Crippen molar-refractivity contribution in [3.63, 3.8) is 0 Å². The van der Waals surface area contributed by atoms with Crippen LogP contribution in [0.2, 0.25) is 0 Å². The van der Waals surface area contributed by atoms with Crippen molar-refractivity contribution in [2.24, 2.45) is 0 Å². The lowest BCUT2D eigenvalue weighted by molar-refractivity contribution is -0.137. The van der Waals surface area contributed by atoms with Crippen molar-refractivity contribution >= 4 is 22.1 Å². The summed E-state index contributed by atoms with van der Waals surface area (Å²) in [5, 5.41) is 0. The first-order valence-electron chi connectivity index (χ1n) is 10.7. The van der Waals surface area contributed by atoms with Gasteiger partial charge >= 0.3 is 16.3 Å². The molecule has 0 N–H and O–H groups in total. The Morgan fingerprint density at radius 3 is 2.31 bits per heavy atom. The largest absolute Gasteiger partial charge is 0.416 e. The van der Waals surface area contributed by atoms with Crippen LogP contribution in [0.25, 0.3) is 6.08 Å². The van der Waals surface area contributed by atoms with E-state index in [0.717, 1.165) is 23.8 Å². The Labute approximate surface area is 202 Å². The predicted molar refractivity (Wildman–Crippen MR) is 127 cm³/mol. The number of alkyl halides is 3. The third kappa shape index (κ3) is 7.19. The Hall–Kier alpha value is -3.59.